The molecule has 1 aliphatic carbocycles. The molecule has 1 heterocycles. The third kappa shape index (κ3) is 3.25. The summed E-state index contributed by atoms with van der Waals surface area (Å²) >= 11 is 0. The van der Waals surface area contributed by atoms with Crippen LogP contribution in [0.2, 0.25) is 0 Å². The Labute approximate surface area is 111 Å². The monoisotopic (exact) mass is 255 g/mol. The summed E-state index contributed by atoms with van der Waals surface area (Å²) in [5.41, 5.74) is 0.408. The maximum absolute atomic E-state index is 9.22. The fourth-order valence-corrected chi connectivity index (χ4v) is 3.27. The number of nitrogens with one attached hydrogen (secondary N) is 1. The summed E-state index contributed by atoms with van der Waals surface area (Å²) in [6.45, 7) is 7.91. The van der Waals surface area contributed by atoms with Gasteiger partial charge in [-0.05, 0) is 43.9 Å². The highest BCUT2D eigenvalue weighted by molar-refractivity contribution is 4.97. The maximum atomic E-state index is 9.22. The summed E-state index contributed by atoms with van der Waals surface area (Å²) in [6, 6.07) is 0.956. The molecule has 3 heteroatoms. The fourth-order valence-electron chi connectivity index (χ4n) is 3.27. The first-order chi connectivity index (χ1) is 8.45. The smallest absolute Gasteiger partial charge is 0.0697 e. The van der Waals surface area contributed by atoms with Crippen LogP contribution < -0.4 is 5.32 Å². The summed E-state index contributed by atoms with van der Waals surface area (Å²) in [6.07, 6.45) is 6.92. The summed E-state index contributed by atoms with van der Waals surface area (Å²) in [4.78, 5) is 0. The summed E-state index contributed by atoms with van der Waals surface area (Å²) in [5, 5.41) is 13.0. The topological polar surface area (TPSA) is 41.5 Å². The van der Waals surface area contributed by atoms with Gasteiger partial charge in [-0.1, -0.05) is 20.8 Å². The predicted molar refractivity (Wildman–Crippen MR) is 73.6 cm³/mol. The lowest BCUT2D eigenvalue weighted by atomic mass is 9.73. The van der Waals surface area contributed by atoms with E-state index in [1.54, 1.807) is 0 Å². The molecular weight excluding hydrogens is 226 g/mol. The molecule has 106 valence electrons. The molecule has 2 rings (SSSR count). The molecule has 1 aliphatic heterocycles. The second-order valence-corrected chi connectivity index (χ2v) is 7.17. The van der Waals surface area contributed by atoms with Gasteiger partial charge in [0.05, 0.1) is 5.60 Å². The predicted octanol–water partition coefficient (Wildman–Crippen LogP) is 2.47. The molecule has 0 bridgehead atoms. The van der Waals surface area contributed by atoms with E-state index in [1.807, 2.05) is 0 Å². The van der Waals surface area contributed by atoms with Crippen LogP contribution in [0.5, 0.6) is 0 Å². The van der Waals surface area contributed by atoms with Crippen molar-refractivity contribution in [1.29, 1.82) is 0 Å². The molecular formula is C15H29NO2. The standard InChI is InChI=1S/C15H29NO2/c1-14(2,3)13(5-9-17)16-12-6-10-18-15(11-12)7-4-8-15/h12-13,16-17H,4-11H2,1-3H3. The average Bonchev–Trinajstić information content (AvgIpc) is 2.25. The van der Waals surface area contributed by atoms with E-state index in [2.05, 4.69) is 26.1 Å². The maximum Gasteiger partial charge on any atom is 0.0697 e. The van der Waals surface area contributed by atoms with Crippen molar-refractivity contribution in [3.63, 3.8) is 0 Å². The Morgan fingerprint density at radius 2 is 2.11 bits per heavy atom. The molecule has 2 fully saturated rings. The Balaban J connectivity index is 1.90. The van der Waals surface area contributed by atoms with Crippen LogP contribution in [-0.2, 0) is 4.74 Å². The van der Waals surface area contributed by atoms with Crippen molar-refractivity contribution in [2.24, 2.45) is 5.41 Å². The second-order valence-electron chi connectivity index (χ2n) is 7.17. The van der Waals surface area contributed by atoms with Gasteiger partial charge in [-0.3, -0.25) is 0 Å². The normalized spacial score (nSPS) is 29.0. The third-order valence-electron chi connectivity index (χ3n) is 4.66. The SMILES string of the molecule is CC(C)(C)C(CCO)NC1CCOC2(CCC2)C1. The molecule has 0 aromatic heterocycles. The van der Waals surface area contributed by atoms with E-state index in [0.29, 0.717) is 12.1 Å². The average molecular weight is 255 g/mol. The van der Waals surface area contributed by atoms with Crippen molar-refractivity contribution in [3.8, 4) is 0 Å². The number of aliphatic hydroxyl groups is 1. The molecule has 0 radical (unpaired) electrons. The lowest BCUT2D eigenvalue weighted by Crippen LogP contribution is -2.55. The number of ether oxygens (including phenoxy) is 1. The minimum absolute atomic E-state index is 0.202. The van der Waals surface area contributed by atoms with Crippen LogP contribution in [0.1, 0.15) is 59.3 Å². The van der Waals surface area contributed by atoms with E-state index >= 15 is 0 Å². The Bertz CT molecular complexity index is 268. The van der Waals surface area contributed by atoms with E-state index in [-0.39, 0.29) is 17.6 Å². The highest BCUT2D eigenvalue weighted by Crippen LogP contribution is 2.42. The van der Waals surface area contributed by atoms with Gasteiger partial charge in [-0.25, -0.2) is 0 Å². The van der Waals surface area contributed by atoms with Crippen molar-refractivity contribution >= 4 is 0 Å². The summed E-state index contributed by atoms with van der Waals surface area (Å²) in [7, 11) is 0. The number of hydrogen-bond donors (Lipinski definition) is 2. The Morgan fingerprint density at radius 3 is 2.61 bits per heavy atom. The van der Waals surface area contributed by atoms with Gasteiger partial charge in [0.15, 0.2) is 0 Å². The molecule has 0 amide bonds. The van der Waals surface area contributed by atoms with Crippen LogP contribution in [-0.4, -0.2) is 36.0 Å². The Kier molecular flexibility index (Phi) is 4.35. The van der Waals surface area contributed by atoms with E-state index in [0.717, 1.165) is 25.9 Å². The largest absolute Gasteiger partial charge is 0.396 e. The molecule has 3 nitrogen and oxygen atoms in total. The van der Waals surface area contributed by atoms with Gasteiger partial charge in [0.1, 0.15) is 0 Å². The molecule has 2 unspecified atom stereocenters. The van der Waals surface area contributed by atoms with Crippen LogP contribution in [0, 0.1) is 5.41 Å². The minimum Gasteiger partial charge on any atom is -0.396 e. The highest BCUT2D eigenvalue weighted by atomic mass is 16.5. The quantitative estimate of drug-likeness (QED) is 0.811. The first-order valence-electron chi connectivity index (χ1n) is 7.46. The second kappa shape index (κ2) is 5.48. The van der Waals surface area contributed by atoms with E-state index in [4.69, 9.17) is 4.74 Å². The summed E-state index contributed by atoms with van der Waals surface area (Å²) in [5.74, 6) is 0. The van der Waals surface area contributed by atoms with Gasteiger partial charge < -0.3 is 15.2 Å². The zero-order valence-electron chi connectivity index (χ0n) is 12.2. The molecule has 0 aromatic rings. The minimum atomic E-state index is 0.202. The third-order valence-corrected chi connectivity index (χ3v) is 4.66. The number of rotatable bonds is 4. The van der Waals surface area contributed by atoms with Gasteiger partial charge in [-0.2, -0.15) is 0 Å². The van der Waals surface area contributed by atoms with Gasteiger partial charge in [0, 0.05) is 25.3 Å². The first kappa shape index (κ1) is 14.3. The Morgan fingerprint density at radius 1 is 1.39 bits per heavy atom. The molecule has 1 saturated heterocycles. The van der Waals surface area contributed by atoms with Crippen LogP contribution in [0.25, 0.3) is 0 Å². The molecule has 2 N–H and O–H groups in total. The van der Waals surface area contributed by atoms with Crippen molar-refractivity contribution in [1.82, 2.24) is 5.32 Å². The van der Waals surface area contributed by atoms with Crippen LogP contribution in [0.3, 0.4) is 0 Å². The van der Waals surface area contributed by atoms with Gasteiger partial charge in [0.2, 0.25) is 0 Å². The van der Waals surface area contributed by atoms with E-state index in [1.165, 1.54) is 19.3 Å². The Hall–Kier alpha value is -0.120. The molecule has 1 spiro atoms. The zero-order valence-corrected chi connectivity index (χ0v) is 12.2. The molecule has 18 heavy (non-hydrogen) atoms. The van der Waals surface area contributed by atoms with E-state index in [9.17, 15) is 5.11 Å². The molecule has 0 aromatic carbocycles. The highest BCUT2D eigenvalue weighted by Gasteiger charge is 2.43. The molecule has 1 saturated carbocycles. The number of hydrogen-bond acceptors (Lipinski definition) is 3. The number of aliphatic hydroxyl groups excluding tert-OH is 1. The van der Waals surface area contributed by atoms with Crippen LogP contribution in [0.15, 0.2) is 0 Å². The summed E-state index contributed by atoms with van der Waals surface area (Å²) < 4.78 is 5.97. The lowest BCUT2D eigenvalue weighted by Gasteiger charge is -2.48. The van der Waals surface area contributed by atoms with Crippen molar-refractivity contribution < 1.29 is 9.84 Å². The lowest BCUT2D eigenvalue weighted by molar-refractivity contribution is -0.137. The van der Waals surface area contributed by atoms with Crippen molar-refractivity contribution in [3.05, 3.63) is 0 Å². The molecule has 2 atom stereocenters. The fraction of sp³-hybridized carbons (Fsp3) is 1.00. The first-order valence-corrected chi connectivity index (χ1v) is 7.46. The van der Waals surface area contributed by atoms with Crippen molar-refractivity contribution in [2.75, 3.05) is 13.2 Å². The van der Waals surface area contributed by atoms with Gasteiger partial charge >= 0.3 is 0 Å². The zero-order chi connectivity index (χ0) is 13.2. The van der Waals surface area contributed by atoms with Gasteiger partial charge in [-0.15, -0.1) is 0 Å². The van der Waals surface area contributed by atoms with Crippen LogP contribution >= 0.6 is 0 Å². The van der Waals surface area contributed by atoms with Crippen molar-refractivity contribution in [2.45, 2.75) is 77.0 Å². The van der Waals surface area contributed by atoms with Gasteiger partial charge in [0.25, 0.3) is 0 Å². The molecule has 2 aliphatic rings. The van der Waals surface area contributed by atoms with E-state index < -0.39 is 0 Å². The van der Waals surface area contributed by atoms with Crippen LogP contribution in [0.4, 0.5) is 0 Å².